The van der Waals surface area contributed by atoms with Gasteiger partial charge in [0.15, 0.2) is 7.14 Å². The summed E-state index contributed by atoms with van der Waals surface area (Å²) >= 11 is 0. The van der Waals surface area contributed by atoms with Crippen molar-refractivity contribution in [3.63, 3.8) is 0 Å². The first-order valence-corrected chi connectivity index (χ1v) is 24.5. The molecular formula is C61H40BN2OP. The third-order valence-electron chi connectivity index (χ3n) is 14.7. The molecule has 0 amide bonds. The number of nitrogens with zero attached hydrogens (tertiary/aromatic N) is 2. The topological polar surface area (TPSA) is 23.6 Å². The molecule has 1 spiro atoms. The van der Waals surface area contributed by atoms with E-state index >= 15 is 4.57 Å². The van der Waals surface area contributed by atoms with Gasteiger partial charge in [0.2, 0.25) is 0 Å². The van der Waals surface area contributed by atoms with Gasteiger partial charge in [-0.1, -0.05) is 188 Å². The van der Waals surface area contributed by atoms with Crippen LogP contribution in [0.4, 0.5) is 34.1 Å². The maximum atomic E-state index is 16.2. The van der Waals surface area contributed by atoms with Gasteiger partial charge in [0.1, 0.15) is 0 Å². The molecule has 10 aromatic carbocycles. The maximum absolute atomic E-state index is 16.2. The minimum Gasteiger partial charge on any atom is -0.311 e. The Kier molecular flexibility index (Phi) is 7.97. The highest BCUT2D eigenvalue weighted by molar-refractivity contribution is 7.85. The molecule has 14 rings (SSSR count). The van der Waals surface area contributed by atoms with Crippen molar-refractivity contribution in [3.8, 4) is 22.3 Å². The average molecular weight is 859 g/mol. The van der Waals surface area contributed by atoms with E-state index in [9.17, 15) is 0 Å². The van der Waals surface area contributed by atoms with Crippen LogP contribution < -0.4 is 42.1 Å². The number of rotatable bonds is 5. The van der Waals surface area contributed by atoms with Crippen molar-refractivity contribution in [2.75, 3.05) is 9.80 Å². The zero-order valence-corrected chi connectivity index (χ0v) is 36.8. The van der Waals surface area contributed by atoms with Crippen LogP contribution in [-0.2, 0) is 9.98 Å². The SMILES string of the molecule is O=P(c1ccccc1)(c1ccccc1)c1ccc2c(c1)C1(c3ccccc3-2)c2ccccc2-c2cc3c(cc21)N(c1ccccc1)c1cccc2c1B3c1ccccc1N2c1ccccc1. The van der Waals surface area contributed by atoms with Crippen LogP contribution in [0.3, 0.4) is 0 Å². The summed E-state index contributed by atoms with van der Waals surface area (Å²) in [6, 6.07) is 87.4. The van der Waals surface area contributed by atoms with Gasteiger partial charge in [0, 0.05) is 50.0 Å². The molecule has 0 aromatic heterocycles. The Labute approximate surface area is 385 Å². The van der Waals surface area contributed by atoms with Crippen LogP contribution in [-0.4, -0.2) is 6.71 Å². The van der Waals surface area contributed by atoms with E-state index in [1.165, 1.54) is 83.6 Å². The Hall–Kier alpha value is -7.91. The molecule has 5 heteroatoms. The third-order valence-corrected chi connectivity index (χ3v) is 17.8. The molecule has 2 aliphatic heterocycles. The van der Waals surface area contributed by atoms with Gasteiger partial charge >= 0.3 is 0 Å². The molecule has 2 aliphatic carbocycles. The second-order valence-electron chi connectivity index (χ2n) is 17.9. The first-order chi connectivity index (χ1) is 32.7. The molecule has 4 aliphatic rings. The van der Waals surface area contributed by atoms with E-state index in [2.05, 4.69) is 192 Å². The van der Waals surface area contributed by atoms with Crippen LogP contribution in [0.1, 0.15) is 22.3 Å². The summed E-state index contributed by atoms with van der Waals surface area (Å²) in [6.45, 7) is -0.0197. The second kappa shape index (κ2) is 14.0. The lowest BCUT2D eigenvalue weighted by atomic mass is 9.33. The summed E-state index contributed by atoms with van der Waals surface area (Å²) in [5, 5.41) is 2.50. The molecule has 10 aromatic rings. The standard InChI is InChI=1S/C61H40BN2OP/c65-66(43-24-9-3-10-25-43,44-26-11-4-12-27-44)45-36-37-48-46-28-13-15-30-50(46)61(52(48)38-45)51-31-16-14-29-47(51)49-39-55-59(40-53(49)61)64(42-22-7-2-8-23-42)58-35-19-34-57-60(58)62(55)54-32-17-18-33-56(54)63(57)41-20-5-1-6-21-41/h1-40H. The summed E-state index contributed by atoms with van der Waals surface area (Å²) < 4.78 is 16.2. The second-order valence-corrected chi connectivity index (χ2v) is 20.6. The lowest BCUT2D eigenvalue weighted by molar-refractivity contribution is 0.592. The van der Waals surface area contributed by atoms with Crippen molar-refractivity contribution in [1.29, 1.82) is 0 Å². The van der Waals surface area contributed by atoms with Crippen LogP contribution in [0.15, 0.2) is 243 Å². The molecule has 66 heavy (non-hydrogen) atoms. The number of fused-ring (bicyclic) bond motifs is 14. The van der Waals surface area contributed by atoms with Crippen molar-refractivity contribution in [2.45, 2.75) is 5.41 Å². The minimum absolute atomic E-state index is 0.0197. The molecule has 0 saturated heterocycles. The zero-order valence-electron chi connectivity index (χ0n) is 35.9. The lowest BCUT2D eigenvalue weighted by Crippen LogP contribution is -2.61. The average Bonchev–Trinajstić information content (AvgIpc) is 3.85. The predicted molar refractivity (Wildman–Crippen MR) is 276 cm³/mol. The Balaban J connectivity index is 1.08. The van der Waals surface area contributed by atoms with Gasteiger partial charge in [-0.05, 0) is 115 Å². The molecule has 1 unspecified atom stereocenters. The fourth-order valence-electron chi connectivity index (χ4n) is 12.1. The summed E-state index contributed by atoms with van der Waals surface area (Å²) in [6.07, 6.45) is 0. The fourth-order valence-corrected chi connectivity index (χ4v) is 14.8. The summed E-state index contributed by atoms with van der Waals surface area (Å²) in [4.78, 5) is 4.96. The molecule has 0 radical (unpaired) electrons. The summed E-state index contributed by atoms with van der Waals surface area (Å²) in [7, 11) is -3.32. The number of anilines is 6. The normalized spacial score (nSPS) is 15.6. The Morgan fingerprint density at radius 3 is 1.42 bits per heavy atom. The molecule has 0 saturated carbocycles. The van der Waals surface area contributed by atoms with Crippen LogP contribution in [0.2, 0.25) is 0 Å². The summed E-state index contributed by atoms with van der Waals surface area (Å²) in [5.41, 5.74) is 20.0. The van der Waals surface area contributed by atoms with Crippen molar-refractivity contribution >= 4 is 80.3 Å². The number of benzene rings is 10. The third kappa shape index (κ3) is 4.92. The van der Waals surface area contributed by atoms with Crippen LogP contribution in [0.5, 0.6) is 0 Å². The molecule has 0 bridgehead atoms. The molecule has 2 heterocycles. The number of para-hydroxylation sites is 3. The minimum atomic E-state index is -3.32. The van der Waals surface area contributed by atoms with E-state index in [-0.39, 0.29) is 6.71 Å². The Bertz CT molecular complexity index is 3610. The highest BCUT2D eigenvalue weighted by atomic mass is 31.2. The Morgan fingerprint density at radius 1 is 0.333 bits per heavy atom. The van der Waals surface area contributed by atoms with Crippen molar-refractivity contribution < 1.29 is 4.57 Å². The first-order valence-electron chi connectivity index (χ1n) is 22.8. The van der Waals surface area contributed by atoms with E-state index in [1.807, 2.05) is 60.7 Å². The predicted octanol–water partition coefficient (Wildman–Crippen LogP) is 11.8. The summed E-state index contributed by atoms with van der Waals surface area (Å²) in [5.74, 6) is 0. The first kappa shape index (κ1) is 37.5. The van der Waals surface area contributed by atoms with Gasteiger partial charge in [-0.3, -0.25) is 0 Å². The molecule has 308 valence electrons. The van der Waals surface area contributed by atoms with E-state index in [4.69, 9.17) is 0 Å². The van der Waals surface area contributed by atoms with Gasteiger partial charge in [-0.2, -0.15) is 0 Å². The smallest absolute Gasteiger partial charge is 0.252 e. The van der Waals surface area contributed by atoms with Crippen molar-refractivity contribution in [1.82, 2.24) is 0 Å². The van der Waals surface area contributed by atoms with Gasteiger partial charge in [-0.25, -0.2) is 0 Å². The molecule has 3 nitrogen and oxygen atoms in total. The van der Waals surface area contributed by atoms with Gasteiger partial charge in [0.05, 0.1) is 5.41 Å². The molecule has 0 N–H and O–H groups in total. The quantitative estimate of drug-likeness (QED) is 0.127. The van der Waals surface area contributed by atoms with E-state index in [0.717, 1.165) is 27.3 Å². The highest BCUT2D eigenvalue weighted by Gasteiger charge is 2.54. The number of hydrogen-bond acceptors (Lipinski definition) is 3. The van der Waals surface area contributed by atoms with Crippen molar-refractivity contribution in [3.05, 3.63) is 265 Å². The van der Waals surface area contributed by atoms with Crippen molar-refractivity contribution in [2.24, 2.45) is 0 Å². The highest BCUT2D eigenvalue weighted by Crippen LogP contribution is 2.64. The fraction of sp³-hybridized carbons (Fsp3) is 0.0164. The van der Waals surface area contributed by atoms with Crippen LogP contribution in [0, 0.1) is 0 Å². The maximum Gasteiger partial charge on any atom is 0.252 e. The molecule has 1 atom stereocenters. The van der Waals surface area contributed by atoms with Gasteiger partial charge < -0.3 is 14.4 Å². The zero-order chi connectivity index (χ0) is 43.6. The van der Waals surface area contributed by atoms with Gasteiger partial charge in [0.25, 0.3) is 6.71 Å². The largest absolute Gasteiger partial charge is 0.311 e. The lowest BCUT2D eigenvalue weighted by Gasteiger charge is -2.44. The Morgan fingerprint density at radius 2 is 0.803 bits per heavy atom. The number of hydrogen-bond donors (Lipinski definition) is 0. The van der Waals surface area contributed by atoms with Crippen LogP contribution in [0.25, 0.3) is 22.3 Å². The molecular weight excluding hydrogens is 818 g/mol. The van der Waals surface area contributed by atoms with Crippen LogP contribution >= 0.6 is 7.14 Å². The molecule has 0 fully saturated rings. The van der Waals surface area contributed by atoms with E-state index in [1.54, 1.807) is 0 Å². The monoisotopic (exact) mass is 858 g/mol. The van der Waals surface area contributed by atoms with E-state index < -0.39 is 12.6 Å². The van der Waals surface area contributed by atoms with Gasteiger partial charge in [-0.15, -0.1) is 0 Å². The van der Waals surface area contributed by atoms with E-state index in [0.29, 0.717) is 0 Å².